The van der Waals surface area contributed by atoms with E-state index in [2.05, 4.69) is 0 Å². The summed E-state index contributed by atoms with van der Waals surface area (Å²) in [6, 6.07) is 11.4. The maximum Gasteiger partial charge on any atom is 0.163 e. The van der Waals surface area contributed by atoms with Gasteiger partial charge in [0.05, 0.1) is 12.2 Å². The number of Topliss-reactive ketones (excluding diaryl/α,β-unsaturated/α-hetero) is 1. The number of fused-ring (bicyclic) bond motifs is 1. The molecule has 0 aromatic heterocycles. The van der Waals surface area contributed by atoms with Crippen molar-refractivity contribution in [1.29, 1.82) is 0 Å². The Hall–Kier alpha value is -1.91. The SMILES string of the molecule is CCOCC(O)COc1c(C(C)=O)ccc2ccccc12. The first-order valence-corrected chi connectivity index (χ1v) is 7.04. The van der Waals surface area contributed by atoms with Crippen LogP contribution in [0.25, 0.3) is 10.8 Å². The van der Waals surface area contributed by atoms with Crippen molar-refractivity contribution < 1.29 is 19.4 Å². The van der Waals surface area contributed by atoms with Gasteiger partial charge in [0.25, 0.3) is 0 Å². The summed E-state index contributed by atoms with van der Waals surface area (Å²) in [5.41, 5.74) is 0.525. The van der Waals surface area contributed by atoms with Gasteiger partial charge in [0, 0.05) is 12.0 Å². The third kappa shape index (κ3) is 3.80. The van der Waals surface area contributed by atoms with E-state index in [1.807, 2.05) is 37.3 Å². The Bertz CT molecular complexity index is 621. The van der Waals surface area contributed by atoms with Crippen LogP contribution in [0, 0.1) is 0 Å². The minimum Gasteiger partial charge on any atom is -0.489 e. The Morgan fingerprint density at radius 3 is 2.67 bits per heavy atom. The number of hydrogen-bond donors (Lipinski definition) is 1. The monoisotopic (exact) mass is 288 g/mol. The molecule has 0 radical (unpaired) electrons. The van der Waals surface area contributed by atoms with E-state index < -0.39 is 6.10 Å². The van der Waals surface area contributed by atoms with Gasteiger partial charge in [0.15, 0.2) is 5.78 Å². The molecular weight excluding hydrogens is 268 g/mol. The van der Waals surface area contributed by atoms with E-state index in [0.29, 0.717) is 17.9 Å². The Balaban J connectivity index is 2.27. The number of rotatable bonds is 7. The van der Waals surface area contributed by atoms with Gasteiger partial charge in [-0.1, -0.05) is 30.3 Å². The van der Waals surface area contributed by atoms with Crippen molar-refractivity contribution in [2.75, 3.05) is 19.8 Å². The summed E-state index contributed by atoms with van der Waals surface area (Å²) >= 11 is 0. The number of carbonyl (C=O) groups is 1. The summed E-state index contributed by atoms with van der Waals surface area (Å²) in [7, 11) is 0. The van der Waals surface area contributed by atoms with E-state index in [4.69, 9.17) is 9.47 Å². The van der Waals surface area contributed by atoms with Crippen LogP contribution in [0.1, 0.15) is 24.2 Å². The Kier molecular flexibility index (Phi) is 5.31. The predicted molar refractivity (Wildman–Crippen MR) is 81.9 cm³/mol. The number of carbonyl (C=O) groups excluding carboxylic acids is 1. The van der Waals surface area contributed by atoms with Crippen LogP contribution in [0.4, 0.5) is 0 Å². The predicted octanol–water partition coefficient (Wildman–Crippen LogP) is 2.82. The second-order valence-electron chi connectivity index (χ2n) is 4.84. The minimum atomic E-state index is -0.719. The standard InChI is InChI=1S/C17H20O4/c1-3-20-10-14(19)11-21-17-15(12(2)18)9-8-13-6-4-5-7-16(13)17/h4-9,14,19H,3,10-11H2,1-2H3. The molecule has 0 aliphatic rings. The second kappa shape index (κ2) is 7.20. The van der Waals surface area contributed by atoms with Crippen LogP contribution in [-0.4, -0.2) is 36.8 Å². The number of ketones is 1. The Morgan fingerprint density at radius 1 is 1.19 bits per heavy atom. The quantitative estimate of drug-likeness (QED) is 0.796. The molecular formula is C17H20O4. The largest absolute Gasteiger partial charge is 0.489 e. The highest BCUT2D eigenvalue weighted by atomic mass is 16.5. The maximum absolute atomic E-state index is 11.8. The zero-order valence-electron chi connectivity index (χ0n) is 12.3. The average Bonchev–Trinajstić information content (AvgIpc) is 2.50. The zero-order valence-corrected chi connectivity index (χ0v) is 12.3. The van der Waals surface area contributed by atoms with Crippen LogP contribution >= 0.6 is 0 Å². The molecule has 1 atom stereocenters. The maximum atomic E-state index is 11.8. The molecule has 1 unspecified atom stereocenters. The lowest BCUT2D eigenvalue weighted by atomic mass is 10.0. The normalized spacial score (nSPS) is 12.3. The highest BCUT2D eigenvalue weighted by Crippen LogP contribution is 2.30. The molecule has 1 N–H and O–H groups in total. The molecule has 21 heavy (non-hydrogen) atoms. The topological polar surface area (TPSA) is 55.8 Å². The van der Waals surface area contributed by atoms with Crippen molar-refractivity contribution in [3.8, 4) is 5.75 Å². The lowest BCUT2D eigenvalue weighted by molar-refractivity contribution is 0.0166. The van der Waals surface area contributed by atoms with Crippen molar-refractivity contribution in [1.82, 2.24) is 0 Å². The molecule has 0 spiro atoms. The van der Waals surface area contributed by atoms with Gasteiger partial charge >= 0.3 is 0 Å². The molecule has 4 heteroatoms. The van der Waals surface area contributed by atoms with Gasteiger partial charge in [-0.2, -0.15) is 0 Å². The van der Waals surface area contributed by atoms with Crippen molar-refractivity contribution in [2.24, 2.45) is 0 Å². The van der Waals surface area contributed by atoms with Crippen LogP contribution in [0.15, 0.2) is 36.4 Å². The number of ether oxygens (including phenoxy) is 2. The molecule has 0 aliphatic heterocycles. The van der Waals surface area contributed by atoms with Gasteiger partial charge in [-0.05, 0) is 25.3 Å². The summed E-state index contributed by atoms with van der Waals surface area (Å²) in [6.45, 7) is 4.23. The van der Waals surface area contributed by atoms with E-state index in [-0.39, 0.29) is 19.0 Å². The first-order valence-electron chi connectivity index (χ1n) is 7.04. The Morgan fingerprint density at radius 2 is 1.95 bits per heavy atom. The van der Waals surface area contributed by atoms with Gasteiger partial charge in [-0.25, -0.2) is 0 Å². The molecule has 0 heterocycles. The minimum absolute atomic E-state index is 0.0601. The van der Waals surface area contributed by atoms with Crippen LogP contribution in [0.2, 0.25) is 0 Å². The zero-order chi connectivity index (χ0) is 15.2. The summed E-state index contributed by atoms with van der Waals surface area (Å²) < 4.78 is 10.9. The van der Waals surface area contributed by atoms with E-state index in [1.54, 1.807) is 6.07 Å². The van der Waals surface area contributed by atoms with Crippen LogP contribution < -0.4 is 4.74 Å². The molecule has 0 saturated carbocycles. The van der Waals surface area contributed by atoms with Crippen LogP contribution in [-0.2, 0) is 4.74 Å². The third-order valence-electron chi connectivity index (χ3n) is 3.19. The second-order valence-corrected chi connectivity index (χ2v) is 4.84. The van der Waals surface area contributed by atoms with E-state index in [9.17, 15) is 9.90 Å². The lowest BCUT2D eigenvalue weighted by Gasteiger charge is -2.16. The molecule has 0 fully saturated rings. The van der Waals surface area contributed by atoms with E-state index >= 15 is 0 Å². The first-order chi connectivity index (χ1) is 10.1. The molecule has 2 aromatic rings. The fraction of sp³-hybridized carbons (Fsp3) is 0.353. The molecule has 0 aliphatic carbocycles. The molecule has 2 aromatic carbocycles. The van der Waals surface area contributed by atoms with Gasteiger partial charge in [0.2, 0.25) is 0 Å². The number of hydrogen-bond acceptors (Lipinski definition) is 4. The number of aliphatic hydroxyl groups excluding tert-OH is 1. The highest BCUT2D eigenvalue weighted by molar-refractivity contribution is 6.03. The summed E-state index contributed by atoms with van der Waals surface area (Å²) in [5.74, 6) is 0.464. The Labute approximate surface area is 124 Å². The fourth-order valence-corrected chi connectivity index (χ4v) is 2.16. The highest BCUT2D eigenvalue weighted by Gasteiger charge is 2.14. The van der Waals surface area contributed by atoms with Crippen molar-refractivity contribution in [2.45, 2.75) is 20.0 Å². The molecule has 2 rings (SSSR count). The summed E-state index contributed by atoms with van der Waals surface area (Å²) in [6.07, 6.45) is -0.719. The van der Waals surface area contributed by atoms with Gasteiger partial charge < -0.3 is 14.6 Å². The lowest BCUT2D eigenvalue weighted by Crippen LogP contribution is -2.24. The summed E-state index contributed by atoms with van der Waals surface area (Å²) in [5, 5.41) is 11.7. The summed E-state index contributed by atoms with van der Waals surface area (Å²) in [4.78, 5) is 11.8. The molecule has 0 bridgehead atoms. The smallest absolute Gasteiger partial charge is 0.163 e. The molecule has 112 valence electrons. The van der Waals surface area contributed by atoms with Crippen molar-refractivity contribution in [3.05, 3.63) is 42.0 Å². The number of aliphatic hydroxyl groups is 1. The van der Waals surface area contributed by atoms with E-state index in [1.165, 1.54) is 6.92 Å². The first kappa shape index (κ1) is 15.5. The fourth-order valence-electron chi connectivity index (χ4n) is 2.16. The average molecular weight is 288 g/mol. The third-order valence-corrected chi connectivity index (χ3v) is 3.19. The number of benzene rings is 2. The van der Waals surface area contributed by atoms with Gasteiger partial charge in [0.1, 0.15) is 18.5 Å². The molecule has 0 saturated heterocycles. The van der Waals surface area contributed by atoms with Crippen molar-refractivity contribution >= 4 is 16.6 Å². The molecule has 0 amide bonds. The van der Waals surface area contributed by atoms with Gasteiger partial charge in [-0.3, -0.25) is 4.79 Å². The molecule has 4 nitrogen and oxygen atoms in total. The van der Waals surface area contributed by atoms with Crippen LogP contribution in [0.5, 0.6) is 5.75 Å². The van der Waals surface area contributed by atoms with Crippen LogP contribution in [0.3, 0.4) is 0 Å². The van der Waals surface area contributed by atoms with Gasteiger partial charge in [-0.15, -0.1) is 0 Å². The van der Waals surface area contributed by atoms with Crippen molar-refractivity contribution in [3.63, 3.8) is 0 Å². The van der Waals surface area contributed by atoms with E-state index in [0.717, 1.165) is 10.8 Å².